The molecule has 3 heteroatoms. The second kappa shape index (κ2) is 5.90. The lowest BCUT2D eigenvalue weighted by molar-refractivity contribution is 0.152. The van der Waals surface area contributed by atoms with Crippen LogP contribution in [0.2, 0.25) is 0 Å². The molecule has 0 aromatic carbocycles. The summed E-state index contributed by atoms with van der Waals surface area (Å²) in [5, 5.41) is 10.2. The van der Waals surface area contributed by atoms with E-state index in [2.05, 4.69) is 29.4 Å². The van der Waals surface area contributed by atoms with Crippen LogP contribution < -0.4 is 0 Å². The maximum Gasteiger partial charge on any atom is 0.0807 e. The first-order valence-electron chi connectivity index (χ1n) is 8.31. The van der Waals surface area contributed by atoms with Gasteiger partial charge in [-0.25, -0.2) is 0 Å². The Kier molecular flexibility index (Phi) is 4.18. The molecule has 2 heterocycles. The first-order chi connectivity index (χ1) is 9.70. The zero-order valence-electron chi connectivity index (χ0n) is 12.9. The molecule has 3 nitrogen and oxygen atoms in total. The first kappa shape index (κ1) is 14.2. The van der Waals surface area contributed by atoms with Gasteiger partial charge in [0, 0.05) is 36.1 Å². The summed E-state index contributed by atoms with van der Waals surface area (Å²) in [5.74, 6) is 0. The zero-order valence-corrected chi connectivity index (χ0v) is 12.9. The van der Waals surface area contributed by atoms with Crippen molar-refractivity contribution in [1.82, 2.24) is 9.47 Å². The molecule has 1 fully saturated rings. The molecule has 1 aromatic heterocycles. The molecule has 1 N–H and O–H groups in total. The van der Waals surface area contributed by atoms with Gasteiger partial charge in [-0.2, -0.15) is 0 Å². The lowest BCUT2D eigenvalue weighted by Crippen LogP contribution is -2.35. The molecule has 0 amide bonds. The SMILES string of the molecule is CCCN1CCC(n2c(C)cc3c2CCCC3O)CC1. The van der Waals surface area contributed by atoms with E-state index in [-0.39, 0.29) is 6.10 Å². The van der Waals surface area contributed by atoms with E-state index in [1.807, 2.05) is 0 Å². The average molecular weight is 276 g/mol. The molecule has 1 aliphatic carbocycles. The molecule has 0 bridgehead atoms. The van der Waals surface area contributed by atoms with Crippen LogP contribution in [-0.4, -0.2) is 34.2 Å². The largest absolute Gasteiger partial charge is 0.388 e. The molecule has 2 aliphatic rings. The lowest BCUT2D eigenvalue weighted by atomic mass is 9.94. The van der Waals surface area contributed by atoms with Crippen LogP contribution in [0.25, 0.3) is 0 Å². The predicted molar refractivity (Wildman–Crippen MR) is 82.1 cm³/mol. The van der Waals surface area contributed by atoms with Gasteiger partial charge in [-0.3, -0.25) is 0 Å². The van der Waals surface area contributed by atoms with Crippen LogP contribution in [-0.2, 0) is 6.42 Å². The molecule has 1 atom stereocenters. The number of nitrogens with zero attached hydrogens (tertiary/aromatic N) is 2. The van der Waals surface area contributed by atoms with Gasteiger partial charge in [0.05, 0.1) is 6.10 Å². The van der Waals surface area contributed by atoms with Crippen LogP contribution in [0.5, 0.6) is 0 Å². The maximum absolute atomic E-state index is 10.2. The van der Waals surface area contributed by atoms with E-state index in [0.29, 0.717) is 6.04 Å². The van der Waals surface area contributed by atoms with E-state index in [9.17, 15) is 5.11 Å². The standard InChI is InChI=1S/C17H28N2O/c1-3-9-18-10-7-14(8-11-18)19-13(2)12-15-16(19)5-4-6-17(15)20/h12,14,17,20H,3-11H2,1-2H3. The van der Waals surface area contributed by atoms with Crippen molar-refractivity contribution in [3.05, 3.63) is 23.0 Å². The summed E-state index contributed by atoms with van der Waals surface area (Å²) in [5.41, 5.74) is 3.99. The Hall–Kier alpha value is -0.800. The fraction of sp³-hybridized carbons (Fsp3) is 0.765. The van der Waals surface area contributed by atoms with Gasteiger partial charge in [0.15, 0.2) is 0 Å². The molecule has 3 rings (SSSR count). The van der Waals surface area contributed by atoms with Crippen molar-refractivity contribution in [1.29, 1.82) is 0 Å². The van der Waals surface area contributed by atoms with Gasteiger partial charge in [0.25, 0.3) is 0 Å². The fourth-order valence-corrected chi connectivity index (χ4v) is 4.13. The minimum Gasteiger partial charge on any atom is -0.388 e. The summed E-state index contributed by atoms with van der Waals surface area (Å²) >= 11 is 0. The van der Waals surface area contributed by atoms with Gasteiger partial charge in [0.2, 0.25) is 0 Å². The van der Waals surface area contributed by atoms with E-state index >= 15 is 0 Å². The molecule has 1 saturated heterocycles. The second-order valence-electron chi connectivity index (χ2n) is 6.54. The molecule has 0 spiro atoms. The normalized spacial score (nSPS) is 24.9. The molecular weight excluding hydrogens is 248 g/mol. The van der Waals surface area contributed by atoms with E-state index in [1.165, 1.54) is 55.8 Å². The number of rotatable bonds is 3. The minimum atomic E-state index is -0.223. The quantitative estimate of drug-likeness (QED) is 0.918. The summed E-state index contributed by atoms with van der Waals surface area (Å²) in [7, 11) is 0. The van der Waals surface area contributed by atoms with Crippen LogP contribution >= 0.6 is 0 Å². The number of piperidine rings is 1. The molecule has 0 radical (unpaired) electrons. The Balaban J connectivity index is 1.78. The van der Waals surface area contributed by atoms with Crippen molar-refractivity contribution in [3.8, 4) is 0 Å². The summed E-state index contributed by atoms with van der Waals surface area (Å²) in [6.07, 6.45) is 6.77. The molecule has 1 aromatic rings. The van der Waals surface area contributed by atoms with Gasteiger partial charge >= 0.3 is 0 Å². The van der Waals surface area contributed by atoms with Gasteiger partial charge in [-0.1, -0.05) is 6.92 Å². The predicted octanol–water partition coefficient (Wildman–Crippen LogP) is 3.21. The minimum absolute atomic E-state index is 0.223. The Morgan fingerprint density at radius 1 is 1.25 bits per heavy atom. The number of likely N-dealkylation sites (tertiary alicyclic amines) is 1. The first-order valence-corrected chi connectivity index (χ1v) is 8.31. The Labute approximate surface area is 122 Å². The number of aliphatic hydroxyl groups is 1. The maximum atomic E-state index is 10.2. The van der Waals surface area contributed by atoms with Gasteiger partial charge in [0.1, 0.15) is 0 Å². The third kappa shape index (κ3) is 2.53. The van der Waals surface area contributed by atoms with E-state index in [4.69, 9.17) is 0 Å². The topological polar surface area (TPSA) is 28.4 Å². The molecule has 20 heavy (non-hydrogen) atoms. The third-order valence-electron chi connectivity index (χ3n) is 5.08. The van der Waals surface area contributed by atoms with E-state index < -0.39 is 0 Å². The number of hydrogen-bond donors (Lipinski definition) is 1. The Bertz CT molecular complexity index is 458. The highest BCUT2D eigenvalue weighted by Crippen LogP contribution is 2.36. The van der Waals surface area contributed by atoms with Gasteiger partial charge < -0.3 is 14.6 Å². The molecule has 0 saturated carbocycles. The van der Waals surface area contributed by atoms with Crippen LogP contribution in [0, 0.1) is 6.92 Å². The van der Waals surface area contributed by atoms with Gasteiger partial charge in [-0.05, 0) is 58.1 Å². The smallest absolute Gasteiger partial charge is 0.0807 e. The highest BCUT2D eigenvalue weighted by atomic mass is 16.3. The third-order valence-corrected chi connectivity index (χ3v) is 5.08. The highest BCUT2D eigenvalue weighted by molar-refractivity contribution is 5.32. The summed E-state index contributed by atoms with van der Waals surface area (Å²) in [6, 6.07) is 2.88. The van der Waals surface area contributed by atoms with Crippen molar-refractivity contribution in [2.24, 2.45) is 0 Å². The number of aromatic nitrogens is 1. The van der Waals surface area contributed by atoms with Crippen LogP contribution in [0.3, 0.4) is 0 Å². The summed E-state index contributed by atoms with van der Waals surface area (Å²) in [6.45, 7) is 8.18. The lowest BCUT2D eigenvalue weighted by Gasteiger charge is -2.35. The molecule has 1 aliphatic heterocycles. The monoisotopic (exact) mass is 276 g/mol. The highest BCUT2D eigenvalue weighted by Gasteiger charge is 2.28. The summed E-state index contributed by atoms with van der Waals surface area (Å²) in [4.78, 5) is 2.59. The fourth-order valence-electron chi connectivity index (χ4n) is 4.13. The number of aryl methyl sites for hydroxylation is 1. The second-order valence-corrected chi connectivity index (χ2v) is 6.54. The summed E-state index contributed by atoms with van der Waals surface area (Å²) < 4.78 is 2.56. The zero-order chi connectivity index (χ0) is 14.1. The van der Waals surface area contributed by atoms with Crippen LogP contribution in [0.1, 0.15) is 68.1 Å². The molecule has 112 valence electrons. The van der Waals surface area contributed by atoms with Crippen molar-refractivity contribution >= 4 is 0 Å². The van der Waals surface area contributed by atoms with Crippen molar-refractivity contribution in [3.63, 3.8) is 0 Å². The molecule has 1 unspecified atom stereocenters. The van der Waals surface area contributed by atoms with Crippen LogP contribution in [0.4, 0.5) is 0 Å². The van der Waals surface area contributed by atoms with E-state index in [1.54, 1.807) is 0 Å². The average Bonchev–Trinajstić information content (AvgIpc) is 2.78. The Morgan fingerprint density at radius 2 is 2.00 bits per heavy atom. The number of fused-ring (bicyclic) bond motifs is 1. The molecular formula is C17H28N2O. The van der Waals surface area contributed by atoms with Crippen molar-refractivity contribution < 1.29 is 5.11 Å². The number of hydrogen-bond acceptors (Lipinski definition) is 2. The van der Waals surface area contributed by atoms with Crippen LogP contribution in [0.15, 0.2) is 6.07 Å². The Morgan fingerprint density at radius 3 is 2.70 bits per heavy atom. The van der Waals surface area contributed by atoms with E-state index in [0.717, 1.165) is 19.3 Å². The number of aliphatic hydroxyl groups excluding tert-OH is 1. The van der Waals surface area contributed by atoms with Crippen molar-refractivity contribution in [2.45, 2.75) is 64.5 Å². The van der Waals surface area contributed by atoms with Gasteiger partial charge in [-0.15, -0.1) is 0 Å². The van der Waals surface area contributed by atoms with Crippen molar-refractivity contribution in [2.75, 3.05) is 19.6 Å².